The number of rotatable bonds is 7. The van der Waals surface area contributed by atoms with E-state index in [1.807, 2.05) is 24.3 Å². The van der Waals surface area contributed by atoms with Gasteiger partial charge < -0.3 is 19.9 Å². The number of amides is 1. The van der Waals surface area contributed by atoms with E-state index in [4.69, 9.17) is 9.26 Å². The number of methoxy groups -OCH3 is 1. The summed E-state index contributed by atoms with van der Waals surface area (Å²) in [7, 11) is 1.65. The van der Waals surface area contributed by atoms with E-state index in [1.165, 1.54) is 0 Å². The Bertz CT molecular complexity index is 892. The van der Waals surface area contributed by atoms with E-state index in [9.17, 15) is 4.79 Å². The van der Waals surface area contributed by atoms with Crippen molar-refractivity contribution in [3.05, 3.63) is 65.5 Å². The van der Waals surface area contributed by atoms with E-state index < -0.39 is 0 Å². The molecule has 0 saturated heterocycles. The second kappa shape index (κ2) is 8.15. The van der Waals surface area contributed by atoms with E-state index in [0.29, 0.717) is 29.5 Å². The van der Waals surface area contributed by atoms with Crippen LogP contribution in [0.25, 0.3) is 0 Å². The van der Waals surface area contributed by atoms with E-state index in [-0.39, 0.29) is 5.91 Å². The van der Waals surface area contributed by atoms with Gasteiger partial charge in [-0.25, -0.2) is 4.98 Å². The third-order valence-corrected chi connectivity index (χ3v) is 3.75. The molecule has 3 rings (SSSR count). The first-order valence-electron chi connectivity index (χ1n) is 8.21. The molecule has 3 aromatic rings. The molecule has 0 aliphatic carbocycles. The number of carbonyl (C=O) groups is 1. The average Bonchev–Trinajstić information content (AvgIpc) is 3.07. The van der Waals surface area contributed by atoms with Crippen molar-refractivity contribution in [2.24, 2.45) is 0 Å². The maximum absolute atomic E-state index is 12.3. The summed E-state index contributed by atoms with van der Waals surface area (Å²) in [5.41, 5.74) is 1.65. The number of hydrogen-bond donors (Lipinski definition) is 2. The second-order valence-electron chi connectivity index (χ2n) is 5.73. The summed E-state index contributed by atoms with van der Waals surface area (Å²) in [6.07, 6.45) is 2.41. The highest BCUT2D eigenvalue weighted by Crippen LogP contribution is 2.14. The minimum absolute atomic E-state index is 0.267. The fourth-order valence-electron chi connectivity index (χ4n) is 2.45. The predicted octanol–water partition coefficient (Wildman–Crippen LogP) is 3.29. The lowest BCUT2D eigenvalue weighted by Crippen LogP contribution is -2.13. The fourth-order valence-corrected chi connectivity index (χ4v) is 2.45. The smallest absolute Gasteiger partial charge is 0.257 e. The summed E-state index contributed by atoms with van der Waals surface area (Å²) in [5.74, 6) is 2.22. The van der Waals surface area contributed by atoms with E-state index in [0.717, 1.165) is 17.7 Å². The van der Waals surface area contributed by atoms with Crippen LogP contribution in [0, 0.1) is 6.92 Å². The van der Waals surface area contributed by atoms with Gasteiger partial charge in [0.1, 0.15) is 17.3 Å². The lowest BCUT2D eigenvalue weighted by Gasteiger charge is -2.08. The molecule has 0 unspecified atom stereocenters. The first-order valence-corrected chi connectivity index (χ1v) is 8.21. The van der Waals surface area contributed by atoms with Crippen molar-refractivity contribution in [2.75, 3.05) is 24.3 Å². The van der Waals surface area contributed by atoms with Crippen LogP contribution in [0.2, 0.25) is 0 Å². The Hall–Kier alpha value is -3.35. The monoisotopic (exact) mass is 352 g/mol. The maximum atomic E-state index is 12.3. The van der Waals surface area contributed by atoms with Gasteiger partial charge in [-0.2, -0.15) is 0 Å². The van der Waals surface area contributed by atoms with Crippen molar-refractivity contribution in [3.63, 3.8) is 0 Å². The van der Waals surface area contributed by atoms with E-state index in [1.54, 1.807) is 38.4 Å². The third kappa shape index (κ3) is 4.60. The summed E-state index contributed by atoms with van der Waals surface area (Å²) in [6.45, 7) is 2.45. The first kappa shape index (κ1) is 17.5. The number of benzene rings is 1. The lowest BCUT2D eigenvalue weighted by molar-refractivity contribution is 0.102. The van der Waals surface area contributed by atoms with Gasteiger partial charge >= 0.3 is 0 Å². The van der Waals surface area contributed by atoms with Crippen molar-refractivity contribution in [3.8, 4) is 5.75 Å². The van der Waals surface area contributed by atoms with Gasteiger partial charge in [-0.3, -0.25) is 4.79 Å². The zero-order valence-corrected chi connectivity index (χ0v) is 14.7. The van der Waals surface area contributed by atoms with Crippen LogP contribution in [0.4, 0.5) is 11.6 Å². The number of nitrogens with one attached hydrogen (secondary N) is 2. The summed E-state index contributed by atoms with van der Waals surface area (Å²) in [4.78, 5) is 16.5. The molecule has 0 spiro atoms. The van der Waals surface area contributed by atoms with Crippen molar-refractivity contribution < 1.29 is 14.1 Å². The van der Waals surface area contributed by atoms with Crippen LogP contribution in [0.15, 0.2) is 53.2 Å². The van der Waals surface area contributed by atoms with Gasteiger partial charge in [0.2, 0.25) is 0 Å². The molecule has 1 aromatic carbocycles. The molecule has 2 aromatic heterocycles. The molecule has 0 bridgehead atoms. The highest BCUT2D eigenvalue weighted by atomic mass is 16.5. The predicted molar refractivity (Wildman–Crippen MR) is 98.6 cm³/mol. The maximum Gasteiger partial charge on any atom is 0.257 e. The molecule has 7 heteroatoms. The van der Waals surface area contributed by atoms with Gasteiger partial charge in [0.25, 0.3) is 5.91 Å². The van der Waals surface area contributed by atoms with Crippen LogP contribution >= 0.6 is 0 Å². The normalized spacial score (nSPS) is 10.4. The van der Waals surface area contributed by atoms with Crippen LogP contribution in [0.3, 0.4) is 0 Å². The number of ether oxygens (including phenoxy) is 1. The minimum atomic E-state index is -0.267. The summed E-state index contributed by atoms with van der Waals surface area (Å²) < 4.78 is 10.2. The van der Waals surface area contributed by atoms with Crippen molar-refractivity contribution >= 4 is 17.5 Å². The standard InChI is InChI=1S/C19H20N4O3/c1-13-10-18(23-26-13)22-19(24)15-7-9-21-17(12-15)20-8-6-14-4-3-5-16(11-14)25-2/h3-5,7,9-12H,6,8H2,1-2H3,(H,20,21)(H,22,23,24). The Kier molecular flexibility index (Phi) is 5.48. The number of hydrogen-bond acceptors (Lipinski definition) is 6. The van der Waals surface area contributed by atoms with Gasteiger partial charge in [-0.05, 0) is 43.2 Å². The third-order valence-electron chi connectivity index (χ3n) is 3.75. The molecule has 0 atom stereocenters. The zero-order chi connectivity index (χ0) is 18.4. The highest BCUT2D eigenvalue weighted by molar-refractivity contribution is 6.04. The molecule has 2 N–H and O–H groups in total. The van der Waals surface area contributed by atoms with E-state index in [2.05, 4.69) is 20.8 Å². The van der Waals surface area contributed by atoms with Gasteiger partial charge in [-0.15, -0.1) is 0 Å². The number of carbonyl (C=O) groups excluding carboxylic acids is 1. The van der Waals surface area contributed by atoms with E-state index >= 15 is 0 Å². The van der Waals surface area contributed by atoms with Crippen LogP contribution in [-0.4, -0.2) is 29.7 Å². The first-order chi connectivity index (χ1) is 12.6. The van der Waals surface area contributed by atoms with Crippen molar-refractivity contribution in [2.45, 2.75) is 13.3 Å². The number of aromatic nitrogens is 2. The lowest BCUT2D eigenvalue weighted by atomic mass is 10.1. The molecule has 0 saturated carbocycles. The van der Waals surface area contributed by atoms with Crippen molar-refractivity contribution in [1.82, 2.24) is 10.1 Å². The molecule has 1 amide bonds. The Labute approximate surface area is 151 Å². The molecular formula is C19H20N4O3. The highest BCUT2D eigenvalue weighted by Gasteiger charge is 2.10. The Morgan fingerprint density at radius 2 is 2.08 bits per heavy atom. The topological polar surface area (TPSA) is 89.3 Å². The number of anilines is 2. The Morgan fingerprint density at radius 1 is 1.19 bits per heavy atom. The molecule has 134 valence electrons. The second-order valence-corrected chi connectivity index (χ2v) is 5.73. The van der Waals surface area contributed by atoms with Crippen LogP contribution in [0.5, 0.6) is 5.75 Å². The van der Waals surface area contributed by atoms with Gasteiger partial charge in [-0.1, -0.05) is 17.3 Å². The van der Waals surface area contributed by atoms with Gasteiger partial charge in [0.05, 0.1) is 7.11 Å². The fraction of sp³-hybridized carbons (Fsp3) is 0.211. The SMILES string of the molecule is COc1cccc(CCNc2cc(C(=O)Nc3cc(C)on3)ccn2)c1. The molecule has 2 heterocycles. The van der Waals surface area contributed by atoms with Crippen LogP contribution in [0.1, 0.15) is 21.7 Å². The van der Waals surface area contributed by atoms with Crippen molar-refractivity contribution in [1.29, 1.82) is 0 Å². The largest absolute Gasteiger partial charge is 0.497 e. The van der Waals surface area contributed by atoms with Gasteiger partial charge in [0, 0.05) is 24.4 Å². The molecule has 0 radical (unpaired) electrons. The number of aryl methyl sites for hydroxylation is 1. The quantitative estimate of drug-likeness (QED) is 0.678. The van der Waals surface area contributed by atoms with Crippen LogP contribution in [-0.2, 0) is 6.42 Å². The summed E-state index contributed by atoms with van der Waals surface area (Å²) in [6, 6.07) is 12.9. The number of pyridine rings is 1. The molecule has 26 heavy (non-hydrogen) atoms. The minimum Gasteiger partial charge on any atom is -0.497 e. The Balaban J connectivity index is 1.57. The number of nitrogens with zero attached hydrogens (tertiary/aromatic N) is 2. The Morgan fingerprint density at radius 3 is 2.85 bits per heavy atom. The molecule has 0 aliphatic heterocycles. The van der Waals surface area contributed by atoms with Crippen LogP contribution < -0.4 is 15.4 Å². The van der Waals surface area contributed by atoms with Gasteiger partial charge in [0.15, 0.2) is 5.82 Å². The molecule has 7 nitrogen and oxygen atoms in total. The summed E-state index contributed by atoms with van der Waals surface area (Å²) >= 11 is 0. The average molecular weight is 352 g/mol. The molecular weight excluding hydrogens is 332 g/mol. The molecule has 0 aliphatic rings. The summed E-state index contributed by atoms with van der Waals surface area (Å²) in [5, 5.41) is 9.67. The molecule has 0 fully saturated rings. The zero-order valence-electron chi connectivity index (χ0n) is 14.7.